The summed E-state index contributed by atoms with van der Waals surface area (Å²) in [7, 11) is -2.23. The second-order valence-electron chi connectivity index (χ2n) is 8.40. The van der Waals surface area contributed by atoms with Crippen LogP contribution in [0.25, 0.3) is 16.2 Å². The Morgan fingerprint density at radius 2 is 2.03 bits per heavy atom. The van der Waals surface area contributed by atoms with E-state index in [-0.39, 0.29) is 35.4 Å². The number of sulfone groups is 1. The molecule has 1 N–H and O–H groups in total. The highest BCUT2D eigenvalue weighted by Gasteiger charge is 2.31. The Labute approximate surface area is 186 Å². The molecule has 0 atom stereocenters. The molecule has 0 amide bonds. The van der Waals surface area contributed by atoms with Gasteiger partial charge in [-0.3, -0.25) is 0 Å². The van der Waals surface area contributed by atoms with Crippen LogP contribution in [0.5, 0.6) is 5.75 Å². The van der Waals surface area contributed by atoms with Crippen molar-refractivity contribution in [2.45, 2.75) is 44.4 Å². The molecule has 0 unspecified atom stereocenters. The van der Waals surface area contributed by atoms with Gasteiger partial charge in [0.2, 0.25) is 4.96 Å². The number of aliphatic hydroxyl groups excluding tert-OH is 1. The molecule has 3 aromatic rings. The number of nitrogens with zero attached hydrogens (tertiary/aromatic N) is 3. The Hall–Kier alpha value is -1.68. The van der Waals surface area contributed by atoms with E-state index >= 15 is 0 Å². The van der Waals surface area contributed by atoms with Gasteiger partial charge in [-0.2, -0.15) is 5.10 Å². The van der Waals surface area contributed by atoms with Crippen LogP contribution in [-0.4, -0.2) is 47.6 Å². The lowest BCUT2D eigenvalue weighted by Crippen LogP contribution is -2.27. The van der Waals surface area contributed by atoms with Crippen molar-refractivity contribution in [3.8, 4) is 17.0 Å². The van der Waals surface area contributed by atoms with Crippen molar-refractivity contribution in [3.63, 3.8) is 0 Å². The average molecular weight is 472 g/mol. The van der Waals surface area contributed by atoms with Crippen LogP contribution in [-0.2, 0) is 9.84 Å². The number of aromatic nitrogens is 3. The highest BCUT2D eigenvalue weighted by atomic mass is 35.5. The van der Waals surface area contributed by atoms with Crippen molar-refractivity contribution in [3.05, 3.63) is 28.9 Å². The van der Waals surface area contributed by atoms with Gasteiger partial charge in [-0.25, -0.2) is 17.9 Å². The maximum Gasteiger partial charge on any atom is 0.212 e. The Kier molecular flexibility index (Phi) is 6.21. The predicted octanol–water partition coefficient (Wildman–Crippen LogP) is 3.87. The lowest BCUT2D eigenvalue weighted by atomic mass is 9.98. The fraction of sp³-hybridized carbons (Fsp3) is 0.500. The van der Waals surface area contributed by atoms with E-state index in [2.05, 4.69) is 4.98 Å². The summed E-state index contributed by atoms with van der Waals surface area (Å²) in [4.78, 5) is 5.57. The third-order valence-electron chi connectivity index (χ3n) is 5.10. The summed E-state index contributed by atoms with van der Waals surface area (Å²) >= 11 is 1.60. The van der Waals surface area contributed by atoms with Gasteiger partial charge in [-0.1, -0.05) is 25.2 Å². The fourth-order valence-electron chi connectivity index (χ4n) is 3.40. The van der Waals surface area contributed by atoms with Gasteiger partial charge in [0.25, 0.3) is 0 Å². The molecule has 10 heteroatoms. The Balaban J connectivity index is 0.00000256. The van der Waals surface area contributed by atoms with Crippen LogP contribution in [0, 0.1) is 12.3 Å². The first-order valence-electron chi connectivity index (χ1n) is 9.53. The third kappa shape index (κ3) is 4.21. The quantitative estimate of drug-likeness (QED) is 0.562. The SMILES string of the molecule is COc1ccc(-c2c(C)nc3sc(C4CC4)nn23)cc1S(=O)(=O)CC(C)(C)CO.Cl. The number of ether oxygens (including phenoxy) is 1. The number of aliphatic hydroxyl groups is 1. The van der Waals surface area contributed by atoms with E-state index in [1.165, 1.54) is 7.11 Å². The van der Waals surface area contributed by atoms with Crippen molar-refractivity contribution in [2.24, 2.45) is 5.41 Å². The minimum Gasteiger partial charge on any atom is -0.495 e. The normalized spacial score (nSPS) is 14.7. The highest BCUT2D eigenvalue weighted by Crippen LogP contribution is 2.43. The standard InChI is InChI=1S/C20H25N3O4S2.ClH/c1-12-17(23-19(21-12)28-18(22-23)13-5-6-13)14-7-8-15(27-4)16(9-14)29(25,26)11-20(2,3)10-24;/h7-9,13,24H,5-6,10-11H2,1-4H3;1H. The Morgan fingerprint density at radius 1 is 1.33 bits per heavy atom. The summed E-state index contributed by atoms with van der Waals surface area (Å²) in [6.45, 7) is 5.13. The van der Waals surface area contributed by atoms with E-state index in [1.54, 1.807) is 37.3 Å². The monoisotopic (exact) mass is 471 g/mol. The molecule has 1 aliphatic rings. The topological polar surface area (TPSA) is 93.8 Å². The number of hydrogen-bond acceptors (Lipinski definition) is 7. The Bertz CT molecular complexity index is 1180. The van der Waals surface area contributed by atoms with Gasteiger partial charge >= 0.3 is 0 Å². The van der Waals surface area contributed by atoms with E-state index in [0.29, 0.717) is 5.92 Å². The number of aryl methyl sites for hydroxylation is 1. The summed E-state index contributed by atoms with van der Waals surface area (Å²) in [6.07, 6.45) is 2.33. The van der Waals surface area contributed by atoms with Gasteiger partial charge in [-0.15, -0.1) is 12.4 Å². The van der Waals surface area contributed by atoms with Gasteiger partial charge in [0.15, 0.2) is 9.84 Å². The van der Waals surface area contributed by atoms with Crippen molar-refractivity contribution >= 4 is 38.5 Å². The van der Waals surface area contributed by atoms with Gasteiger partial charge in [0.1, 0.15) is 15.7 Å². The van der Waals surface area contributed by atoms with Crippen LogP contribution in [0.2, 0.25) is 0 Å². The number of fused-ring (bicyclic) bond motifs is 1. The van der Waals surface area contributed by atoms with E-state index in [9.17, 15) is 13.5 Å². The van der Waals surface area contributed by atoms with E-state index in [4.69, 9.17) is 9.84 Å². The molecule has 7 nitrogen and oxygen atoms in total. The van der Waals surface area contributed by atoms with E-state index in [1.807, 2.05) is 17.5 Å². The molecule has 1 aromatic carbocycles. The van der Waals surface area contributed by atoms with Crippen LogP contribution in [0.3, 0.4) is 0 Å². The zero-order valence-electron chi connectivity index (χ0n) is 17.4. The summed E-state index contributed by atoms with van der Waals surface area (Å²) in [6, 6.07) is 5.14. The van der Waals surface area contributed by atoms with Gasteiger partial charge in [0, 0.05) is 23.5 Å². The maximum atomic E-state index is 13.1. The summed E-state index contributed by atoms with van der Waals surface area (Å²) in [5.41, 5.74) is 1.57. The number of rotatable bonds is 7. The van der Waals surface area contributed by atoms with Crippen LogP contribution in [0.4, 0.5) is 0 Å². The van der Waals surface area contributed by atoms with Crippen LogP contribution < -0.4 is 4.74 Å². The smallest absolute Gasteiger partial charge is 0.212 e. The third-order valence-corrected chi connectivity index (χ3v) is 8.32. The van der Waals surface area contributed by atoms with Crippen LogP contribution in [0.15, 0.2) is 23.1 Å². The molecule has 4 rings (SSSR count). The molecule has 0 aliphatic heterocycles. The minimum atomic E-state index is -3.68. The molecule has 0 spiro atoms. The molecular weight excluding hydrogens is 446 g/mol. The second kappa shape index (κ2) is 8.11. The molecule has 1 aliphatic carbocycles. The molecule has 0 bridgehead atoms. The van der Waals surface area contributed by atoms with E-state index < -0.39 is 15.3 Å². The van der Waals surface area contributed by atoms with E-state index in [0.717, 1.165) is 39.8 Å². The largest absolute Gasteiger partial charge is 0.495 e. The van der Waals surface area contributed by atoms with Gasteiger partial charge in [-0.05, 0) is 38.0 Å². The molecule has 2 heterocycles. The van der Waals surface area contributed by atoms with Crippen molar-refractivity contribution in [1.29, 1.82) is 0 Å². The predicted molar refractivity (Wildman–Crippen MR) is 120 cm³/mol. The molecule has 30 heavy (non-hydrogen) atoms. The van der Waals surface area contributed by atoms with Crippen LogP contribution >= 0.6 is 23.7 Å². The van der Waals surface area contributed by atoms with Crippen LogP contribution in [0.1, 0.15) is 43.3 Å². The Morgan fingerprint density at radius 3 is 2.63 bits per heavy atom. The lowest BCUT2D eigenvalue weighted by Gasteiger charge is -2.22. The van der Waals surface area contributed by atoms with Gasteiger partial charge < -0.3 is 9.84 Å². The number of benzene rings is 1. The number of hydrogen-bond donors (Lipinski definition) is 1. The van der Waals surface area contributed by atoms with Crippen molar-refractivity contribution in [1.82, 2.24) is 14.6 Å². The molecule has 0 saturated heterocycles. The fourth-order valence-corrected chi connectivity index (χ4v) is 6.55. The van der Waals surface area contributed by atoms with Crippen molar-refractivity contribution < 1.29 is 18.3 Å². The zero-order valence-corrected chi connectivity index (χ0v) is 19.8. The molecule has 1 fully saturated rings. The first-order chi connectivity index (χ1) is 13.6. The van der Waals surface area contributed by atoms with Gasteiger partial charge in [0.05, 0.1) is 24.3 Å². The van der Waals surface area contributed by atoms with Crippen molar-refractivity contribution in [2.75, 3.05) is 19.5 Å². The number of halogens is 1. The summed E-state index contributed by atoms with van der Waals surface area (Å²) in [5, 5.41) is 15.3. The molecular formula is C20H26ClN3O4S2. The second-order valence-corrected chi connectivity index (χ2v) is 11.3. The summed E-state index contributed by atoms with van der Waals surface area (Å²) in [5.74, 6) is 0.639. The number of imidazole rings is 1. The average Bonchev–Trinajstić information content (AvgIpc) is 3.36. The first kappa shape index (κ1) is 23.0. The lowest BCUT2D eigenvalue weighted by molar-refractivity contribution is 0.178. The first-order valence-corrected chi connectivity index (χ1v) is 12.0. The molecule has 1 saturated carbocycles. The zero-order chi connectivity index (χ0) is 21.0. The molecule has 0 radical (unpaired) electrons. The molecule has 164 valence electrons. The molecule has 2 aromatic heterocycles. The summed E-state index contributed by atoms with van der Waals surface area (Å²) < 4.78 is 33.4. The maximum absolute atomic E-state index is 13.1. The number of methoxy groups -OCH3 is 1. The highest BCUT2D eigenvalue weighted by molar-refractivity contribution is 7.91. The minimum absolute atomic E-state index is 0.